The number of hydrogen-bond acceptors (Lipinski definition) is 0. The van der Waals surface area contributed by atoms with E-state index in [9.17, 15) is 0 Å². The van der Waals surface area contributed by atoms with Gasteiger partial charge in [0, 0.05) is 6.42 Å². The number of halogens is 2. The van der Waals surface area contributed by atoms with Gasteiger partial charge in [0.05, 0.1) is 0 Å². The van der Waals surface area contributed by atoms with Crippen LogP contribution in [0.15, 0.2) is 42.5 Å². The van der Waals surface area contributed by atoms with Gasteiger partial charge in [-0.2, -0.15) is 0 Å². The molecule has 0 unspecified atom stereocenters. The second-order valence-electron chi connectivity index (χ2n) is 4.08. The van der Waals surface area contributed by atoms with Crippen molar-refractivity contribution < 1.29 is 20.8 Å². The average Bonchev–Trinajstić information content (AvgIpc) is 2.77. The molecule has 0 bridgehead atoms. The quantitative estimate of drug-likeness (QED) is 0.562. The molecule has 0 aliphatic heterocycles. The van der Waals surface area contributed by atoms with Crippen LogP contribution >= 0.6 is 17.0 Å². The van der Waals surface area contributed by atoms with Crippen molar-refractivity contribution in [1.29, 1.82) is 0 Å². The fraction of sp³-hybridized carbons (Fsp3) is 0.133. The number of benzene rings is 2. The zero-order chi connectivity index (χ0) is 13.0. The fourth-order valence-corrected chi connectivity index (χ4v) is 2.23. The minimum atomic E-state index is -0.826. The summed E-state index contributed by atoms with van der Waals surface area (Å²) in [5, 5.41) is 0. The summed E-state index contributed by atoms with van der Waals surface area (Å²) in [5.41, 5.74) is 6.88. The van der Waals surface area contributed by atoms with Gasteiger partial charge in [-0.1, -0.05) is 49.4 Å². The van der Waals surface area contributed by atoms with Crippen LogP contribution in [0.1, 0.15) is 23.6 Å². The number of hydrogen-bond donors (Lipinski definition) is 0. The van der Waals surface area contributed by atoms with E-state index in [1.54, 1.807) is 0 Å². The predicted octanol–water partition coefficient (Wildman–Crippen LogP) is 5.21. The monoisotopic (exact) mass is 353 g/mol. The third kappa shape index (κ3) is 3.07. The summed E-state index contributed by atoms with van der Waals surface area (Å²) in [5.74, 6) is 0. The molecule has 1 aliphatic carbocycles. The van der Waals surface area contributed by atoms with Crippen LogP contribution in [-0.2, 0) is 27.3 Å². The SMILES string of the molecule is CCc1ccc2c(c1)[CH]c1ccccc1-2.[Cl][Zr][Cl]. The maximum absolute atomic E-state index is 4.93. The molecule has 18 heavy (non-hydrogen) atoms. The topological polar surface area (TPSA) is 0 Å². The molecule has 0 fully saturated rings. The Kier molecular flexibility index (Phi) is 5.48. The third-order valence-corrected chi connectivity index (χ3v) is 3.09. The zero-order valence-corrected chi connectivity index (χ0v) is 14.1. The molecule has 91 valence electrons. The Labute approximate surface area is 127 Å². The zero-order valence-electron chi connectivity index (χ0n) is 10.1. The van der Waals surface area contributed by atoms with Crippen LogP contribution in [0, 0.1) is 6.42 Å². The molecule has 0 N–H and O–H groups in total. The summed E-state index contributed by atoms with van der Waals surface area (Å²) in [4.78, 5) is 0. The molecular weight excluding hydrogens is 342 g/mol. The fourth-order valence-electron chi connectivity index (χ4n) is 2.23. The molecule has 3 heteroatoms. The predicted molar refractivity (Wildman–Crippen MR) is 75.5 cm³/mol. The Morgan fingerprint density at radius 1 is 0.944 bits per heavy atom. The van der Waals surface area contributed by atoms with E-state index in [4.69, 9.17) is 17.0 Å². The Balaban J connectivity index is 0.000000367. The van der Waals surface area contributed by atoms with Crippen LogP contribution in [0.25, 0.3) is 11.1 Å². The Hall–Kier alpha value is -0.0969. The first-order valence-electron chi connectivity index (χ1n) is 5.83. The molecule has 1 aliphatic rings. The second-order valence-corrected chi connectivity index (χ2v) is 7.81. The van der Waals surface area contributed by atoms with Gasteiger partial charge < -0.3 is 0 Å². The summed E-state index contributed by atoms with van der Waals surface area (Å²) in [6, 6.07) is 15.4. The van der Waals surface area contributed by atoms with E-state index in [-0.39, 0.29) is 0 Å². The van der Waals surface area contributed by atoms with Crippen LogP contribution in [-0.4, -0.2) is 0 Å². The number of rotatable bonds is 1. The van der Waals surface area contributed by atoms with E-state index in [0.717, 1.165) is 6.42 Å². The minimum absolute atomic E-state index is 0.826. The molecule has 2 aromatic carbocycles. The molecule has 0 heterocycles. The molecular formula is C15H13Cl2Zr. The van der Waals surface area contributed by atoms with Gasteiger partial charge >= 0.3 is 37.9 Å². The molecule has 0 nitrogen and oxygen atoms in total. The van der Waals surface area contributed by atoms with Gasteiger partial charge in [0.25, 0.3) is 0 Å². The van der Waals surface area contributed by atoms with Crippen LogP contribution < -0.4 is 0 Å². The first-order valence-corrected chi connectivity index (χ1v) is 12.2. The standard InChI is InChI=1S/C15H13.2ClH.Zr/c1-2-11-7-8-15-13(9-11)10-12-5-3-4-6-14(12)15;;;/h3-10H,2H2,1H3;2*1H;/q;;;+2/p-2. The average molecular weight is 355 g/mol. The van der Waals surface area contributed by atoms with Crippen molar-refractivity contribution in [2.24, 2.45) is 0 Å². The normalized spacial score (nSPS) is 11.1. The molecule has 0 saturated carbocycles. The van der Waals surface area contributed by atoms with Crippen LogP contribution in [0.4, 0.5) is 0 Å². The summed E-state index contributed by atoms with van der Waals surface area (Å²) in [6.45, 7) is 2.20. The van der Waals surface area contributed by atoms with Gasteiger partial charge in [-0.05, 0) is 34.2 Å². The van der Waals surface area contributed by atoms with Gasteiger partial charge in [-0.15, -0.1) is 0 Å². The van der Waals surface area contributed by atoms with E-state index < -0.39 is 20.8 Å². The molecule has 0 atom stereocenters. The van der Waals surface area contributed by atoms with Crippen LogP contribution in [0.3, 0.4) is 0 Å². The van der Waals surface area contributed by atoms with Gasteiger partial charge in [0.15, 0.2) is 0 Å². The number of fused-ring (bicyclic) bond motifs is 3. The maximum atomic E-state index is 4.93. The Morgan fingerprint density at radius 2 is 1.61 bits per heavy atom. The Bertz CT molecular complexity index is 538. The molecule has 0 aromatic heterocycles. The van der Waals surface area contributed by atoms with Gasteiger partial charge in [0.2, 0.25) is 0 Å². The van der Waals surface area contributed by atoms with E-state index in [1.807, 2.05) is 0 Å². The molecule has 0 amide bonds. The van der Waals surface area contributed by atoms with Gasteiger partial charge in [0.1, 0.15) is 0 Å². The first kappa shape index (κ1) is 14.3. The second kappa shape index (κ2) is 6.89. The van der Waals surface area contributed by atoms with Crippen molar-refractivity contribution in [3.63, 3.8) is 0 Å². The summed E-state index contributed by atoms with van der Waals surface area (Å²) >= 11 is -0.826. The first-order chi connectivity index (χ1) is 8.80. The van der Waals surface area contributed by atoms with Crippen molar-refractivity contribution >= 4 is 17.0 Å². The van der Waals surface area contributed by atoms with E-state index in [1.165, 1.54) is 27.8 Å². The van der Waals surface area contributed by atoms with Gasteiger partial charge in [-0.25, -0.2) is 0 Å². The molecule has 0 spiro atoms. The Morgan fingerprint density at radius 3 is 2.33 bits per heavy atom. The number of aryl methyl sites for hydroxylation is 1. The van der Waals surface area contributed by atoms with Crippen molar-refractivity contribution in [2.75, 3.05) is 0 Å². The van der Waals surface area contributed by atoms with Crippen molar-refractivity contribution in [1.82, 2.24) is 0 Å². The third-order valence-electron chi connectivity index (χ3n) is 3.09. The summed E-state index contributed by atoms with van der Waals surface area (Å²) in [7, 11) is 9.87. The van der Waals surface area contributed by atoms with Crippen LogP contribution in [0.5, 0.6) is 0 Å². The molecule has 2 aromatic rings. The van der Waals surface area contributed by atoms with E-state index >= 15 is 0 Å². The van der Waals surface area contributed by atoms with Crippen LogP contribution in [0.2, 0.25) is 0 Å². The van der Waals surface area contributed by atoms with Crippen molar-refractivity contribution in [3.05, 3.63) is 65.6 Å². The van der Waals surface area contributed by atoms with E-state index in [2.05, 4.69) is 55.8 Å². The summed E-state index contributed by atoms with van der Waals surface area (Å²) in [6.07, 6.45) is 3.39. The molecule has 3 rings (SSSR count). The van der Waals surface area contributed by atoms with Crippen molar-refractivity contribution in [2.45, 2.75) is 13.3 Å². The molecule has 1 radical (unpaired) electrons. The van der Waals surface area contributed by atoms with Gasteiger partial charge in [-0.3, -0.25) is 0 Å². The van der Waals surface area contributed by atoms with E-state index in [0.29, 0.717) is 0 Å². The summed E-state index contributed by atoms with van der Waals surface area (Å²) < 4.78 is 0. The van der Waals surface area contributed by atoms with Crippen molar-refractivity contribution in [3.8, 4) is 11.1 Å². The molecule has 0 saturated heterocycles.